The molecule has 0 spiro atoms. The molecule has 2 saturated heterocycles. The summed E-state index contributed by atoms with van der Waals surface area (Å²) in [6.45, 7) is 4.68. The van der Waals surface area contributed by atoms with Gasteiger partial charge in [0.1, 0.15) is 12.3 Å². The minimum Gasteiger partial charge on any atom is -0.497 e. The normalized spacial score (nSPS) is 20.6. The Morgan fingerprint density at radius 3 is 2.93 bits per heavy atom. The minimum atomic E-state index is 0.0491. The third-order valence-electron chi connectivity index (χ3n) is 5.66. The number of nitrogens with zero attached hydrogens (tertiary/aromatic N) is 6. The van der Waals surface area contributed by atoms with Crippen molar-refractivity contribution in [2.45, 2.75) is 38.4 Å². The number of aromatic nitrogens is 4. The standard InChI is InChI=1S/C20H28N6O3/c1-28-17-6-4-5-16(13-17)18-7-2-3-8-25(18)20(27)15-26-19(21-22-23-26)14-24-9-11-29-12-10-24/h4-6,13,18H,2-3,7-12,14-15H2,1H3. The molecular weight excluding hydrogens is 372 g/mol. The molecule has 0 aliphatic carbocycles. The zero-order valence-corrected chi connectivity index (χ0v) is 16.9. The highest BCUT2D eigenvalue weighted by Crippen LogP contribution is 2.32. The summed E-state index contributed by atoms with van der Waals surface area (Å²) < 4.78 is 12.4. The maximum atomic E-state index is 13.2. The first kappa shape index (κ1) is 19.8. The van der Waals surface area contributed by atoms with E-state index in [1.54, 1.807) is 11.8 Å². The summed E-state index contributed by atoms with van der Waals surface area (Å²) in [6, 6.07) is 8.06. The molecule has 0 saturated carbocycles. The van der Waals surface area contributed by atoms with Crippen molar-refractivity contribution in [1.82, 2.24) is 30.0 Å². The second kappa shape index (κ2) is 9.32. The van der Waals surface area contributed by atoms with Crippen molar-refractivity contribution in [3.63, 3.8) is 0 Å². The topological polar surface area (TPSA) is 85.6 Å². The predicted molar refractivity (Wildman–Crippen MR) is 105 cm³/mol. The zero-order valence-electron chi connectivity index (χ0n) is 16.9. The molecule has 9 nitrogen and oxygen atoms in total. The highest BCUT2D eigenvalue weighted by molar-refractivity contribution is 5.76. The number of methoxy groups -OCH3 is 1. The Hall–Kier alpha value is -2.52. The van der Waals surface area contributed by atoms with Crippen LogP contribution in [0.15, 0.2) is 24.3 Å². The highest BCUT2D eigenvalue weighted by Gasteiger charge is 2.29. The van der Waals surface area contributed by atoms with E-state index in [4.69, 9.17) is 9.47 Å². The molecule has 3 heterocycles. The van der Waals surface area contributed by atoms with Crippen LogP contribution < -0.4 is 4.74 Å². The van der Waals surface area contributed by atoms with Crippen molar-refractivity contribution < 1.29 is 14.3 Å². The summed E-state index contributed by atoms with van der Waals surface area (Å²) in [7, 11) is 1.66. The Kier molecular flexibility index (Phi) is 6.36. The summed E-state index contributed by atoms with van der Waals surface area (Å²) >= 11 is 0. The molecule has 0 N–H and O–H groups in total. The second-order valence-electron chi connectivity index (χ2n) is 7.52. The molecule has 0 radical (unpaired) electrons. The molecule has 0 bridgehead atoms. The van der Waals surface area contributed by atoms with Crippen molar-refractivity contribution in [1.29, 1.82) is 0 Å². The van der Waals surface area contributed by atoms with E-state index in [1.165, 1.54) is 0 Å². The molecule has 1 amide bonds. The predicted octanol–water partition coefficient (Wildman–Crippen LogP) is 1.27. The van der Waals surface area contributed by atoms with Gasteiger partial charge in [-0.25, -0.2) is 4.68 Å². The van der Waals surface area contributed by atoms with Gasteiger partial charge in [0.15, 0.2) is 5.82 Å². The molecule has 1 atom stereocenters. The summed E-state index contributed by atoms with van der Waals surface area (Å²) in [5, 5.41) is 12.0. The Labute approximate surface area is 170 Å². The van der Waals surface area contributed by atoms with Gasteiger partial charge in [0, 0.05) is 19.6 Å². The molecule has 1 aromatic heterocycles. The first-order valence-corrected chi connectivity index (χ1v) is 10.2. The molecule has 1 aromatic carbocycles. The summed E-state index contributed by atoms with van der Waals surface area (Å²) in [6.07, 6.45) is 3.08. The number of rotatable bonds is 6. The number of amides is 1. The van der Waals surface area contributed by atoms with E-state index in [0.717, 1.165) is 69.2 Å². The SMILES string of the molecule is COc1cccc(C2CCCCN2C(=O)Cn2nnnc2CN2CCOCC2)c1. The van der Waals surface area contributed by atoms with Gasteiger partial charge >= 0.3 is 0 Å². The van der Waals surface area contributed by atoms with Crippen LogP contribution in [-0.4, -0.2) is 75.9 Å². The van der Waals surface area contributed by atoms with Crippen LogP contribution in [0.2, 0.25) is 0 Å². The number of tetrazole rings is 1. The fraction of sp³-hybridized carbons (Fsp3) is 0.600. The molecular formula is C20H28N6O3. The number of carbonyl (C=O) groups excluding carboxylic acids is 1. The average Bonchev–Trinajstić information content (AvgIpc) is 3.21. The third kappa shape index (κ3) is 4.73. The summed E-state index contributed by atoms with van der Waals surface area (Å²) in [5.74, 6) is 1.58. The van der Waals surface area contributed by atoms with Gasteiger partial charge < -0.3 is 14.4 Å². The van der Waals surface area contributed by atoms with E-state index < -0.39 is 0 Å². The molecule has 156 valence electrons. The molecule has 29 heavy (non-hydrogen) atoms. The molecule has 1 unspecified atom stereocenters. The van der Waals surface area contributed by atoms with E-state index in [0.29, 0.717) is 6.54 Å². The smallest absolute Gasteiger partial charge is 0.244 e. The Morgan fingerprint density at radius 2 is 2.10 bits per heavy atom. The fourth-order valence-corrected chi connectivity index (χ4v) is 4.06. The lowest BCUT2D eigenvalue weighted by Gasteiger charge is -2.36. The number of hydrogen-bond acceptors (Lipinski definition) is 7. The molecule has 2 aliphatic heterocycles. The van der Waals surface area contributed by atoms with E-state index in [2.05, 4.69) is 26.5 Å². The van der Waals surface area contributed by atoms with Crippen molar-refractivity contribution >= 4 is 5.91 Å². The fourth-order valence-electron chi connectivity index (χ4n) is 4.06. The number of likely N-dealkylation sites (tertiary alicyclic amines) is 1. The number of carbonyl (C=O) groups is 1. The van der Waals surface area contributed by atoms with Gasteiger partial charge in [-0.15, -0.1) is 5.10 Å². The van der Waals surface area contributed by atoms with Crippen molar-refractivity contribution in [2.24, 2.45) is 0 Å². The number of benzene rings is 1. The lowest BCUT2D eigenvalue weighted by molar-refractivity contribution is -0.136. The first-order valence-electron chi connectivity index (χ1n) is 10.2. The lowest BCUT2D eigenvalue weighted by atomic mass is 9.95. The summed E-state index contributed by atoms with van der Waals surface area (Å²) in [4.78, 5) is 17.4. The number of morpholine rings is 1. The van der Waals surface area contributed by atoms with Gasteiger partial charge in [0.25, 0.3) is 0 Å². The maximum absolute atomic E-state index is 13.2. The Morgan fingerprint density at radius 1 is 1.24 bits per heavy atom. The molecule has 2 fully saturated rings. The monoisotopic (exact) mass is 400 g/mol. The zero-order chi connectivity index (χ0) is 20.1. The quantitative estimate of drug-likeness (QED) is 0.722. The molecule has 2 aliphatic rings. The number of hydrogen-bond donors (Lipinski definition) is 0. The van der Waals surface area contributed by atoms with Crippen LogP contribution >= 0.6 is 0 Å². The van der Waals surface area contributed by atoms with E-state index in [-0.39, 0.29) is 18.5 Å². The van der Waals surface area contributed by atoms with Crippen LogP contribution in [0.25, 0.3) is 0 Å². The van der Waals surface area contributed by atoms with Crippen LogP contribution in [0.1, 0.15) is 36.7 Å². The van der Waals surface area contributed by atoms with Crippen LogP contribution in [0.3, 0.4) is 0 Å². The Balaban J connectivity index is 1.46. The molecule has 2 aromatic rings. The number of piperidine rings is 1. The van der Waals surface area contributed by atoms with E-state index in [1.807, 2.05) is 23.1 Å². The van der Waals surface area contributed by atoms with Crippen molar-refractivity contribution in [3.05, 3.63) is 35.7 Å². The van der Waals surface area contributed by atoms with Crippen LogP contribution in [-0.2, 0) is 22.6 Å². The van der Waals surface area contributed by atoms with Gasteiger partial charge in [0.05, 0.1) is 32.9 Å². The maximum Gasteiger partial charge on any atom is 0.244 e. The van der Waals surface area contributed by atoms with Crippen LogP contribution in [0.4, 0.5) is 0 Å². The van der Waals surface area contributed by atoms with Gasteiger partial charge in [0.2, 0.25) is 5.91 Å². The summed E-state index contributed by atoms with van der Waals surface area (Å²) in [5.41, 5.74) is 1.11. The highest BCUT2D eigenvalue weighted by atomic mass is 16.5. The van der Waals surface area contributed by atoms with Gasteiger partial charge in [-0.2, -0.15) is 0 Å². The molecule has 4 rings (SSSR count). The molecule has 9 heteroatoms. The average molecular weight is 400 g/mol. The van der Waals surface area contributed by atoms with Crippen molar-refractivity contribution in [2.75, 3.05) is 40.0 Å². The second-order valence-corrected chi connectivity index (χ2v) is 7.52. The van der Waals surface area contributed by atoms with Crippen molar-refractivity contribution in [3.8, 4) is 5.75 Å². The van der Waals surface area contributed by atoms with E-state index >= 15 is 0 Å². The van der Waals surface area contributed by atoms with Gasteiger partial charge in [-0.05, 0) is 47.4 Å². The van der Waals surface area contributed by atoms with E-state index in [9.17, 15) is 4.79 Å². The lowest BCUT2D eigenvalue weighted by Crippen LogP contribution is -2.41. The Bertz CT molecular complexity index is 820. The first-order chi connectivity index (χ1) is 14.2. The third-order valence-corrected chi connectivity index (χ3v) is 5.66. The van der Waals surface area contributed by atoms with Crippen LogP contribution in [0, 0.1) is 0 Å². The van der Waals surface area contributed by atoms with Gasteiger partial charge in [-0.3, -0.25) is 9.69 Å². The number of ether oxygens (including phenoxy) is 2. The van der Waals surface area contributed by atoms with Gasteiger partial charge in [-0.1, -0.05) is 12.1 Å². The van der Waals surface area contributed by atoms with Crippen LogP contribution in [0.5, 0.6) is 5.75 Å². The largest absolute Gasteiger partial charge is 0.497 e. The minimum absolute atomic E-state index is 0.0491.